The van der Waals surface area contributed by atoms with Crippen LogP contribution in [0.3, 0.4) is 0 Å². The van der Waals surface area contributed by atoms with Crippen LogP contribution in [0.15, 0.2) is 0 Å². The molecule has 43 valence electrons. The molecular formula is C6H13S. The van der Waals surface area contributed by atoms with Gasteiger partial charge in [0.15, 0.2) is 0 Å². The van der Waals surface area contributed by atoms with Crippen molar-refractivity contribution in [3.05, 3.63) is 6.42 Å². The van der Waals surface area contributed by atoms with Gasteiger partial charge in [-0.2, -0.15) is 12.6 Å². The van der Waals surface area contributed by atoms with Gasteiger partial charge in [0.25, 0.3) is 0 Å². The van der Waals surface area contributed by atoms with Crippen molar-refractivity contribution in [2.24, 2.45) is 0 Å². The van der Waals surface area contributed by atoms with Crippen molar-refractivity contribution in [2.45, 2.75) is 26.2 Å². The third kappa shape index (κ3) is 6.35. The molecule has 0 rings (SSSR count). The first kappa shape index (κ1) is 7.35. The average molecular weight is 117 g/mol. The topological polar surface area (TPSA) is 0 Å². The van der Waals surface area contributed by atoms with Crippen LogP contribution in [-0.4, -0.2) is 5.75 Å². The molecule has 0 bridgehead atoms. The summed E-state index contributed by atoms with van der Waals surface area (Å²) in [5.74, 6) is 0.931. The highest BCUT2D eigenvalue weighted by atomic mass is 32.1. The van der Waals surface area contributed by atoms with Gasteiger partial charge in [-0.15, -0.1) is 0 Å². The molecule has 1 heteroatoms. The van der Waals surface area contributed by atoms with Gasteiger partial charge < -0.3 is 0 Å². The summed E-state index contributed by atoms with van der Waals surface area (Å²) in [5, 5.41) is 0. The second kappa shape index (κ2) is 6.35. The molecule has 1 radical (unpaired) electrons. The van der Waals surface area contributed by atoms with Crippen LogP contribution in [0.5, 0.6) is 0 Å². The van der Waals surface area contributed by atoms with Crippen molar-refractivity contribution in [1.29, 1.82) is 0 Å². The number of unbranched alkanes of at least 4 members (excludes halogenated alkanes) is 3. The van der Waals surface area contributed by atoms with Crippen LogP contribution in [0.4, 0.5) is 0 Å². The monoisotopic (exact) mass is 117 g/mol. The molecule has 0 amide bonds. The average Bonchev–Trinajstić information content (AvgIpc) is 1.69. The third-order valence-corrected chi connectivity index (χ3v) is 1.15. The fourth-order valence-electron chi connectivity index (χ4n) is 0.440. The van der Waals surface area contributed by atoms with Crippen molar-refractivity contribution in [1.82, 2.24) is 0 Å². The fourth-order valence-corrected chi connectivity index (χ4v) is 0.622. The standard InChI is InChI=1S/C6H13S/c1-2-3-4-5-6-7/h5,7H,2-4,6H2,1H3. The molecule has 7 heavy (non-hydrogen) atoms. The first-order chi connectivity index (χ1) is 3.41. The zero-order valence-corrected chi connectivity index (χ0v) is 5.75. The largest absolute Gasteiger partial charge is 0.179 e. The summed E-state index contributed by atoms with van der Waals surface area (Å²) in [6, 6.07) is 0. The van der Waals surface area contributed by atoms with E-state index in [-0.39, 0.29) is 0 Å². The van der Waals surface area contributed by atoms with Gasteiger partial charge in [0.2, 0.25) is 0 Å². The van der Waals surface area contributed by atoms with E-state index in [1.165, 1.54) is 19.3 Å². The summed E-state index contributed by atoms with van der Waals surface area (Å²) < 4.78 is 0. The molecule has 0 N–H and O–H groups in total. The molecule has 0 spiro atoms. The van der Waals surface area contributed by atoms with Gasteiger partial charge in [-0.25, -0.2) is 0 Å². The summed E-state index contributed by atoms with van der Waals surface area (Å²) in [7, 11) is 0. The van der Waals surface area contributed by atoms with Crippen molar-refractivity contribution in [2.75, 3.05) is 5.75 Å². The predicted molar refractivity (Wildman–Crippen MR) is 37.7 cm³/mol. The predicted octanol–water partition coefficient (Wildman–Crippen LogP) is 2.31. The lowest BCUT2D eigenvalue weighted by molar-refractivity contribution is 0.786. The molecule has 0 atom stereocenters. The summed E-state index contributed by atoms with van der Waals surface area (Å²) in [5.41, 5.74) is 0. The van der Waals surface area contributed by atoms with Crippen LogP contribution in [0.1, 0.15) is 26.2 Å². The smallest absolute Gasteiger partial charge is 0.00666 e. The van der Waals surface area contributed by atoms with E-state index in [9.17, 15) is 0 Å². The van der Waals surface area contributed by atoms with E-state index in [0.717, 1.165) is 5.75 Å². The van der Waals surface area contributed by atoms with Crippen LogP contribution in [0.25, 0.3) is 0 Å². The maximum atomic E-state index is 4.04. The zero-order chi connectivity index (χ0) is 5.54. The highest BCUT2D eigenvalue weighted by Crippen LogP contribution is 1.97. The van der Waals surface area contributed by atoms with Crippen molar-refractivity contribution >= 4 is 12.6 Å². The van der Waals surface area contributed by atoms with E-state index in [4.69, 9.17) is 0 Å². The minimum absolute atomic E-state index is 0.931. The molecule has 0 fully saturated rings. The molecule has 0 aromatic heterocycles. The van der Waals surface area contributed by atoms with Crippen LogP contribution >= 0.6 is 12.6 Å². The molecule has 0 aliphatic rings. The fraction of sp³-hybridized carbons (Fsp3) is 0.833. The van der Waals surface area contributed by atoms with Crippen molar-refractivity contribution < 1.29 is 0 Å². The Morgan fingerprint density at radius 1 is 1.57 bits per heavy atom. The van der Waals surface area contributed by atoms with Gasteiger partial charge >= 0.3 is 0 Å². The molecule has 0 aromatic carbocycles. The highest BCUT2D eigenvalue weighted by Gasteiger charge is 1.80. The van der Waals surface area contributed by atoms with E-state index >= 15 is 0 Å². The lowest BCUT2D eigenvalue weighted by Gasteiger charge is -1.89. The van der Waals surface area contributed by atoms with E-state index in [2.05, 4.69) is 26.0 Å². The summed E-state index contributed by atoms with van der Waals surface area (Å²) in [6.07, 6.45) is 6.05. The third-order valence-electron chi connectivity index (χ3n) is 0.891. The molecule has 0 heterocycles. The molecule has 0 aliphatic heterocycles. The second-order valence-corrected chi connectivity index (χ2v) is 1.98. The highest BCUT2D eigenvalue weighted by molar-refractivity contribution is 7.80. The normalized spacial score (nSPS) is 9.43. The molecule has 0 saturated heterocycles. The number of hydrogen-bond donors (Lipinski definition) is 1. The molecular weight excluding hydrogens is 104 g/mol. The molecule has 0 saturated carbocycles. The lowest BCUT2D eigenvalue weighted by atomic mass is 10.2. The Morgan fingerprint density at radius 3 is 2.71 bits per heavy atom. The van der Waals surface area contributed by atoms with Gasteiger partial charge in [-0.1, -0.05) is 19.8 Å². The summed E-state index contributed by atoms with van der Waals surface area (Å²) in [4.78, 5) is 0. The van der Waals surface area contributed by atoms with Gasteiger partial charge in [0.1, 0.15) is 0 Å². The number of thiol groups is 1. The zero-order valence-electron chi connectivity index (χ0n) is 4.85. The van der Waals surface area contributed by atoms with E-state index in [1.54, 1.807) is 0 Å². The Bertz CT molecular complexity index is 23.4. The minimum atomic E-state index is 0.931. The SMILES string of the molecule is CCCC[CH]CS. The molecule has 0 aromatic rings. The van der Waals surface area contributed by atoms with Crippen LogP contribution in [0, 0.1) is 6.42 Å². The van der Waals surface area contributed by atoms with Crippen LogP contribution in [0.2, 0.25) is 0 Å². The summed E-state index contributed by atoms with van der Waals surface area (Å²) >= 11 is 4.04. The Morgan fingerprint density at radius 2 is 2.29 bits per heavy atom. The van der Waals surface area contributed by atoms with Crippen molar-refractivity contribution in [3.63, 3.8) is 0 Å². The molecule has 0 unspecified atom stereocenters. The van der Waals surface area contributed by atoms with E-state index < -0.39 is 0 Å². The number of rotatable bonds is 4. The minimum Gasteiger partial charge on any atom is -0.179 e. The van der Waals surface area contributed by atoms with Crippen LogP contribution in [-0.2, 0) is 0 Å². The van der Waals surface area contributed by atoms with Gasteiger partial charge in [-0.3, -0.25) is 0 Å². The van der Waals surface area contributed by atoms with E-state index in [1.807, 2.05) is 0 Å². The van der Waals surface area contributed by atoms with Gasteiger partial charge in [0, 0.05) is 0 Å². The number of hydrogen-bond acceptors (Lipinski definition) is 1. The van der Waals surface area contributed by atoms with Crippen LogP contribution < -0.4 is 0 Å². The first-order valence-electron chi connectivity index (χ1n) is 2.84. The maximum absolute atomic E-state index is 4.04. The quantitative estimate of drug-likeness (QED) is 0.424. The Labute approximate surface area is 51.7 Å². The van der Waals surface area contributed by atoms with Gasteiger partial charge in [-0.05, 0) is 18.6 Å². The Hall–Kier alpha value is 0.350. The molecule has 0 aliphatic carbocycles. The first-order valence-corrected chi connectivity index (χ1v) is 3.47. The van der Waals surface area contributed by atoms with E-state index in [0.29, 0.717) is 0 Å². The Kier molecular flexibility index (Phi) is 6.67. The molecule has 0 nitrogen and oxygen atoms in total. The summed E-state index contributed by atoms with van der Waals surface area (Å²) in [6.45, 7) is 2.20. The Balaban J connectivity index is 2.45. The lowest BCUT2D eigenvalue weighted by Crippen LogP contribution is -1.75. The van der Waals surface area contributed by atoms with Crippen molar-refractivity contribution in [3.8, 4) is 0 Å². The second-order valence-electron chi connectivity index (χ2n) is 1.61. The maximum Gasteiger partial charge on any atom is -0.00666 e. The van der Waals surface area contributed by atoms with Gasteiger partial charge in [0.05, 0.1) is 0 Å².